The highest BCUT2D eigenvalue weighted by atomic mass is 32.2. The highest BCUT2D eigenvalue weighted by Gasteiger charge is 2.16. The maximum absolute atomic E-state index is 13.1. The van der Waals surface area contributed by atoms with Crippen LogP contribution >= 0.6 is 11.8 Å². The molecule has 2 aromatic rings. The third-order valence-corrected chi connectivity index (χ3v) is 4.57. The lowest BCUT2D eigenvalue weighted by Crippen LogP contribution is -2.30. The van der Waals surface area contributed by atoms with Crippen molar-refractivity contribution >= 4 is 16.9 Å². The SMILES string of the molecule is Fc1ccc(CN(Cc2cccnc2)C2=NCCCS2)cc1. The largest absolute Gasteiger partial charge is 0.343 e. The van der Waals surface area contributed by atoms with Crippen molar-refractivity contribution in [2.45, 2.75) is 19.5 Å². The number of aliphatic imine (C=N–C) groups is 1. The van der Waals surface area contributed by atoms with E-state index in [1.54, 1.807) is 18.0 Å². The van der Waals surface area contributed by atoms with Gasteiger partial charge in [-0.3, -0.25) is 9.98 Å². The van der Waals surface area contributed by atoms with Crippen LogP contribution in [-0.4, -0.2) is 27.3 Å². The Morgan fingerprint density at radius 3 is 2.59 bits per heavy atom. The normalized spacial score (nSPS) is 14.5. The van der Waals surface area contributed by atoms with E-state index in [1.165, 1.54) is 12.1 Å². The smallest absolute Gasteiger partial charge is 0.159 e. The third kappa shape index (κ3) is 4.07. The molecule has 22 heavy (non-hydrogen) atoms. The summed E-state index contributed by atoms with van der Waals surface area (Å²) in [6.45, 7) is 2.37. The van der Waals surface area contributed by atoms with Crippen LogP contribution < -0.4 is 0 Å². The molecule has 2 heterocycles. The van der Waals surface area contributed by atoms with Crippen molar-refractivity contribution in [3.05, 3.63) is 65.7 Å². The first-order chi connectivity index (χ1) is 10.8. The highest BCUT2D eigenvalue weighted by molar-refractivity contribution is 8.13. The van der Waals surface area contributed by atoms with Gasteiger partial charge in [-0.15, -0.1) is 0 Å². The van der Waals surface area contributed by atoms with Crippen molar-refractivity contribution in [1.29, 1.82) is 0 Å². The number of nitrogens with zero attached hydrogens (tertiary/aromatic N) is 3. The molecule has 0 radical (unpaired) electrons. The van der Waals surface area contributed by atoms with E-state index >= 15 is 0 Å². The second-order valence-corrected chi connectivity index (χ2v) is 6.27. The fourth-order valence-electron chi connectivity index (χ4n) is 2.35. The summed E-state index contributed by atoms with van der Waals surface area (Å²) in [7, 11) is 0. The van der Waals surface area contributed by atoms with Gasteiger partial charge in [-0.2, -0.15) is 0 Å². The maximum Gasteiger partial charge on any atom is 0.159 e. The molecule has 3 nitrogen and oxygen atoms in total. The summed E-state index contributed by atoms with van der Waals surface area (Å²) in [6, 6.07) is 10.7. The average molecular weight is 315 g/mol. The van der Waals surface area contributed by atoms with Gasteiger partial charge in [-0.1, -0.05) is 30.0 Å². The van der Waals surface area contributed by atoms with Gasteiger partial charge in [0.05, 0.1) is 0 Å². The topological polar surface area (TPSA) is 28.5 Å². The van der Waals surface area contributed by atoms with E-state index in [1.807, 2.05) is 24.4 Å². The molecule has 3 rings (SSSR count). The molecule has 1 aromatic carbocycles. The van der Waals surface area contributed by atoms with Gasteiger partial charge in [0.15, 0.2) is 5.17 Å². The Labute approximate surface area is 134 Å². The molecule has 1 aromatic heterocycles. The molecule has 0 saturated heterocycles. The summed E-state index contributed by atoms with van der Waals surface area (Å²) in [5.41, 5.74) is 2.23. The molecule has 0 bridgehead atoms. The van der Waals surface area contributed by atoms with Gasteiger partial charge in [-0.05, 0) is 35.7 Å². The molecule has 0 unspecified atom stereocenters. The van der Waals surface area contributed by atoms with Crippen molar-refractivity contribution < 1.29 is 4.39 Å². The van der Waals surface area contributed by atoms with Crippen LogP contribution in [0.15, 0.2) is 53.8 Å². The van der Waals surface area contributed by atoms with Crippen LogP contribution in [0.5, 0.6) is 0 Å². The molecule has 0 spiro atoms. The Morgan fingerprint density at radius 2 is 1.91 bits per heavy atom. The minimum atomic E-state index is -0.202. The number of halogens is 1. The van der Waals surface area contributed by atoms with Crippen molar-refractivity contribution in [3.8, 4) is 0 Å². The second kappa shape index (κ2) is 7.40. The number of hydrogen-bond acceptors (Lipinski definition) is 4. The predicted octanol–water partition coefficient (Wildman–Crippen LogP) is 3.72. The molecule has 0 atom stereocenters. The van der Waals surface area contributed by atoms with Gasteiger partial charge in [0.25, 0.3) is 0 Å². The maximum atomic E-state index is 13.1. The van der Waals surface area contributed by atoms with E-state index in [0.29, 0.717) is 0 Å². The quantitative estimate of drug-likeness (QED) is 0.861. The molecule has 0 amide bonds. The van der Waals surface area contributed by atoms with Gasteiger partial charge in [0.1, 0.15) is 5.82 Å². The molecular weight excluding hydrogens is 297 g/mol. The standard InChI is InChI=1S/C17H18FN3S/c18-16-6-4-14(5-7-16)12-21(17-20-9-2-10-22-17)13-15-3-1-8-19-11-15/h1,3-8,11H,2,9-10,12-13H2. The van der Waals surface area contributed by atoms with Gasteiger partial charge >= 0.3 is 0 Å². The zero-order valence-electron chi connectivity index (χ0n) is 12.3. The fraction of sp³-hybridized carbons (Fsp3) is 0.294. The van der Waals surface area contributed by atoms with Crippen LogP contribution in [0.1, 0.15) is 17.5 Å². The van der Waals surface area contributed by atoms with Crippen LogP contribution in [0.25, 0.3) is 0 Å². The molecular formula is C17H18FN3S. The Hall–Kier alpha value is -1.88. The lowest BCUT2D eigenvalue weighted by Gasteiger charge is -2.27. The van der Waals surface area contributed by atoms with E-state index in [4.69, 9.17) is 0 Å². The summed E-state index contributed by atoms with van der Waals surface area (Å²) in [4.78, 5) is 11.1. The Balaban J connectivity index is 1.79. The molecule has 0 N–H and O–H groups in total. The van der Waals surface area contributed by atoms with Crippen LogP contribution in [0.2, 0.25) is 0 Å². The van der Waals surface area contributed by atoms with Crippen molar-refractivity contribution in [2.75, 3.05) is 12.3 Å². The van der Waals surface area contributed by atoms with Crippen molar-refractivity contribution in [1.82, 2.24) is 9.88 Å². The molecule has 1 aliphatic rings. The second-order valence-electron chi connectivity index (χ2n) is 5.21. The minimum absolute atomic E-state index is 0.202. The van der Waals surface area contributed by atoms with E-state index in [0.717, 1.165) is 48.1 Å². The molecule has 114 valence electrons. The summed E-state index contributed by atoms with van der Waals surface area (Å²) in [5, 5.41) is 1.07. The van der Waals surface area contributed by atoms with E-state index < -0.39 is 0 Å². The fourth-order valence-corrected chi connectivity index (χ4v) is 3.30. The summed E-state index contributed by atoms with van der Waals surface area (Å²) in [6.07, 6.45) is 4.79. The van der Waals surface area contributed by atoms with Gasteiger partial charge in [0.2, 0.25) is 0 Å². The van der Waals surface area contributed by atoms with Crippen LogP contribution in [-0.2, 0) is 13.1 Å². The Kier molecular flexibility index (Phi) is 5.06. The van der Waals surface area contributed by atoms with E-state index in [2.05, 4.69) is 20.9 Å². The first-order valence-corrected chi connectivity index (χ1v) is 8.35. The van der Waals surface area contributed by atoms with Crippen LogP contribution in [0, 0.1) is 5.82 Å². The molecule has 0 aliphatic carbocycles. The van der Waals surface area contributed by atoms with Gasteiger partial charge < -0.3 is 4.90 Å². The van der Waals surface area contributed by atoms with E-state index in [-0.39, 0.29) is 5.82 Å². The minimum Gasteiger partial charge on any atom is -0.343 e. The number of rotatable bonds is 4. The number of pyridine rings is 1. The van der Waals surface area contributed by atoms with Crippen molar-refractivity contribution in [2.24, 2.45) is 4.99 Å². The third-order valence-electron chi connectivity index (χ3n) is 3.43. The highest BCUT2D eigenvalue weighted by Crippen LogP contribution is 2.20. The Bertz CT molecular complexity index is 628. The average Bonchev–Trinajstić information content (AvgIpc) is 2.58. The molecule has 0 fully saturated rings. The summed E-state index contributed by atoms with van der Waals surface area (Å²) < 4.78 is 13.1. The molecule has 5 heteroatoms. The van der Waals surface area contributed by atoms with Gasteiger partial charge in [0, 0.05) is 37.8 Å². The van der Waals surface area contributed by atoms with Crippen LogP contribution in [0.4, 0.5) is 4.39 Å². The predicted molar refractivity (Wildman–Crippen MR) is 89.3 cm³/mol. The lowest BCUT2D eigenvalue weighted by molar-refractivity contribution is 0.411. The first-order valence-electron chi connectivity index (χ1n) is 7.37. The number of amidine groups is 1. The summed E-state index contributed by atoms with van der Waals surface area (Å²) in [5.74, 6) is 0.901. The number of aromatic nitrogens is 1. The number of thioether (sulfide) groups is 1. The Morgan fingerprint density at radius 1 is 1.09 bits per heavy atom. The molecule has 1 aliphatic heterocycles. The first kappa shape index (κ1) is 15.0. The summed E-state index contributed by atoms with van der Waals surface area (Å²) >= 11 is 1.79. The number of benzene rings is 1. The van der Waals surface area contributed by atoms with Crippen LogP contribution in [0.3, 0.4) is 0 Å². The lowest BCUT2D eigenvalue weighted by atomic mass is 10.2. The molecule has 0 saturated carbocycles. The van der Waals surface area contributed by atoms with Crippen molar-refractivity contribution in [3.63, 3.8) is 0 Å². The van der Waals surface area contributed by atoms with E-state index in [9.17, 15) is 4.39 Å². The zero-order chi connectivity index (χ0) is 15.2. The monoisotopic (exact) mass is 315 g/mol. The van der Waals surface area contributed by atoms with Gasteiger partial charge in [-0.25, -0.2) is 4.39 Å². The zero-order valence-corrected chi connectivity index (χ0v) is 13.1. The number of hydrogen-bond donors (Lipinski definition) is 0.